The van der Waals surface area contributed by atoms with E-state index in [1.165, 1.54) is 44.8 Å². The normalized spacial score (nSPS) is 16.1. The van der Waals surface area contributed by atoms with Crippen LogP contribution in [0.4, 0.5) is 22.7 Å². The van der Waals surface area contributed by atoms with Gasteiger partial charge < -0.3 is 19.3 Å². The molecule has 7 nitrogen and oxygen atoms in total. The Morgan fingerprint density at radius 1 is 0.520 bits per heavy atom. The van der Waals surface area contributed by atoms with Crippen LogP contribution in [-0.2, 0) is 9.47 Å². The van der Waals surface area contributed by atoms with Gasteiger partial charge in [-0.15, -0.1) is 5.10 Å². The number of methoxy groups -OCH3 is 2. The molecule has 258 valence electrons. The summed E-state index contributed by atoms with van der Waals surface area (Å²) in [4.78, 5) is 6.92. The van der Waals surface area contributed by atoms with E-state index in [0.29, 0.717) is 0 Å². The van der Waals surface area contributed by atoms with Gasteiger partial charge in [0.15, 0.2) is 5.84 Å². The largest absolute Gasteiger partial charge is 0.344 e. The van der Waals surface area contributed by atoms with Gasteiger partial charge in [-0.1, -0.05) is 102 Å². The van der Waals surface area contributed by atoms with Crippen LogP contribution in [0.3, 0.4) is 0 Å². The van der Waals surface area contributed by atoms with Crippen LogP contribution in [0.2, 0.25) is 0 Å². The molecular formula is C43H49N5O2. The Morgan fingerprint density at radius 2 is 0.920 bits per heavy atom. The van der Waals surface area contributed by atoms with Crippen molar-refractivity contribution in [1.82, 2.24) is 0 Å². The molecule has 2 heterocycles. The number of anilines is 4. The average molecular weight is 668 g/mol. The molecule has 0 amide bonds. The second-order valence-corrected chi connectivity index (χ2v) is 13.2. The van der Waals surface area contributed by atoms with Gasteiger partial charge in [0, 0.05) is 49.9 Å². The van der Waals surface area contributed by atoms with Gasteiger partial charge in [0.25, 0.3) is 0 Å². The fourth-order valence-electron chi connectivity index (χ4n) is 7.56. The lowest BCUT2D eigenvalue weighted by atomic mass is 10.0. The summed E-state index contributed by atoms with van der Waals surface area (Å²) in [5.41, 5.74) is 13.6. The van der Waals surface area contributed by atoms with E-state index >= 15 is 0 Å². The zero-order chi connectivity index (χ0) is 35.4. The summed E-state index contributed by atoms with van der Waals surface area (Å²) in [6, 6.07) is 39.5. The predicted molar refractivity (Wildman–Crippen MR) is 208 cm³/mol. The minimum atomic E-state index is -0.347. The first kappa shape index (κ1) is 34.7. The van der Waals surface area contributed by atoms with Crippen LogP contribution in [0.5, 0.6) is 0 Å². The Kier molecular flexibility index (Phi) is 10.6. The van der Waals surface area contributed by atoms with E-state index in [1.54, 1.807) is 7.11 Å². The molecule has 1 unspecified atom stereocenters. The summed E-state index contributed by atoms with van der Waals surface area (Å²) in [7, 11) is 3.52. The highest BCUT2D eigenvalue weighted by Gasteiger charge is 2.37. The van der Waals surface area contributed by atoms with Crippen LogP contribution in [0, 0.1) is 41.5 Å². The molecule has 7 rings (SSSR count). The zero-order valence-corrected chi connectivity index (χ0v) is 30.6. The van der Waals surface area contributed by atoms with Crippen LogP contribution < -0.4 is 19.7 Å². The van der Waals surface area contributed by atoms with E-state index in [1.807, 2.05) is 78.8 Å². The molecule has 2 aliphatic rings. The molecule has 0 aromatic heterocycles. The minimum Gasteiger partial charge on any atom is -0.344 e. The quantitative estimate of drug-likeness (QED) is 0.173. The molecule has 0 N–H and O–H groups in total. The van der Waals surface area contributed by atoms with Crippen molar-refractivity contribution in [2.45, 2.75) is 54.2 Å². The van der Waals surface area contributed by atoms with Crippen LogP contribution in [0.25, 0.3) is 0 Å². The Labute approximate surface area is 298 Å². The number of rotatable bonds is 7. The first-order valence-electron chi connectivity index (χ1n) is 17.3. The van der Waals surface area contributed by atoms with E-state index in [9.17, 15) is 0 Å². The summed E-state index contributed by atoms with van der Waals surface area (Å²) < 4.78 is 11.8. The molecule has 0 saturated carbocycles. The third-order valence-corrected chi connectivity index (χ3v) is 9.33. The van der Waals surface area contributed by atoms with Gasteiger partial charge in [0.2, 0.25) is 12.7 Å². The monoisotopic (exact) mass is 667 g/mol. The van der Waals surface area contributed by atoms with Crippen LogP contribution in [0.1, 0.15) is 38.9 Å². The maximum absolute atomic E-state index is 5.98. The number of hydrogen-bond acceptors (Lipinski definition) is 7. The van der Waals surface area contributed by atoms with Crippen LogP contribution >= 0.6 is 0 Å². The van der Waals surface area contributed by atoms with E-state index in [-0.39, 0.29) is 12.7 Å². The molecule has 7 heteroatoms. The second-order valence-electron chi connectivity index (χ2n) is 13.2. The smallest absolute Gasteiger partial charge is 0.235 e. The van der Waals surface area contributed by atoms with Crippen LogP contribution in [0.15, 0.2) is 120 Å². The molecule has 1 fully saturated rings. The van der Waals surface area contributed by atoms with Gasteiger partial charge in [0.05, 0.1) is 5.69 Å². The topological polar surface area (TPSA) is 43.8 Å². The van der Waals surface area contributed by atoms with Gasteiger partial charge in [0.1, 0.15) is 0 Å². The number of aryl methyl sites for hydroxylation is 6. The molecule has 1 saturated heterocycles. The van der Waals surface area contributed by atoms with Gasteiger partial charge in [-0.3, -0.25) is 4.90 Å². The standard InChI is InChI=1S/C22H30N2O.C21H19N3O/c1-14-10-16(3)20(17(4)11-14)23-8-9-24(22(23)25-7)21-18(5)12-15(2)13-19(21)6;1-25-21-23(18-13-7-3-8-14-18)20(17-11-5-2-6-12-17)22-24(21)19-15-9-4-10-16-19/h10-13,22H,8-9H2,1-7H3;2-16,21H,1H3. The molecule has 0 radical (unpaired) electrons. The Morgan fingerprint density at radius 3 is 1.34 bits per heavy atom. The highest BCUT2D eigenvalue weighted by Crippen LogP contribution is 2.37. The van der Waals surface area contributed by atoms with Crippen molar-refractivity contribution in [2.24, 2.45) is 5.10 Å². The SMILES string of the molecule is COC1N(c2c(C)cc(C)cc2C)CCN1c1c(C)cc(C)cc1C.COC1N(c2ccccc2)N=C(c2ccccc2)N1c1ccccc1. The number of para-hydroxylation sites is 2. The predicted octanol–water partition coefficient (Wildman–Crippen LogP) is 9.10. The third kappa shape index (κ3) is 6.97. The summed E-state index contributed by atoms with van der Waals surface area (Å²) in [5.74, 6) is 0.863. The van der Waals surface area contributed by atoms with Crippen molar-refractivity contribution >= 4 is 28.6 Å². The summed E-state index contributed by atoms with van der Waals surface area (Å²) in [6.45, 7) is 15.1. The Bertz CT molecular complexity index is 1820. The highest BCUT2D eigenvalue weighted by molar-refractivity contribution is 6.12. The van der Waals surface area contributed by atoms with E-state index < -0.39 is 0 Å². The fraction of sp³-hybridized carbons (Fsp3) is 0.279. The second kappa shape index (κ2) is 15.2. The molecule has 2 aliphatic heterocycles. The summed E-state index contributed by atoms with van der Waals surface area (Å²) in [5, 5.41) is 6.80. The number of nitrogens with zero attached hydrogens (tertiary/aromatic N) is 5. The fourth-order valence-corrected chi connectivity index (χ4v) is 7.56. The lowest BCUT2D eigenvalue weighted by molar-refractivity contribution is 0.113. The summed E-state index contributed by atoms with van der Waals surface area (Å²) >= 11 is 0. The highest BCUT2D eigenvalue weighted by atomic mass is 16.5. The van der Waals surface area contributed by atoms with Crippen molar-refractivity contribution < 1.29 is 9.47 Å². The first-order valence-corrected chi connectivity index (χ1v) is 17.3. The number of hydrogen-bond donors (Lipinski definition) is 0. The van der Waals surface area contributed by atoms with Crippen LogP contribution in [-0.4, -0.2) is 45.8 Å². The maximum atomic E-state index is 5.98. The lowest BCUT2D eigenvalue weighted by Crippen LogP contribution is -2.44. The minimum absolute atomic E-state index is 0.0692. The molecule has 5 aromatic rings. The number of benzene rings is 5. The first-order chi connectivity index (χ1) is 24.2. The van der Waals surface area contributed by atoms with Gasteiger partial charge in [-0.25, -0.2) is 5.01 Å². The van der Waals surface area contributed by atoms with Gasteiger partial charge >= 0.3 is 0 Å². The third-order valence-electron chi connectivity index (χ3n) is 9.33. The van der Waals surface area contributed by atoms with Crippen molar-refractivity contribution in [1.29, 1.82) is 0 Å². The van der Waals surface area contributed by atoms with Gasteiger partial charge in [-0.2, -0.15) is 0 Å². The average Bonchev–Trinajstić information content (AvgIpc) is 3.71. The van der Waals surface area contributed by atoms with Crippen molar-refractivity contribution in [2.75, 3.05) is 47.0 Å². The molecular weight excluding hydrogens is 619 g/mol. The van der Waals surface area contributed by atoms with Crippen molar-refractivity contribution in [3.05, 3.63) is 154 Å². The zero-order valence-electron chi connectivity index (χ0n) is 30.6. The molecule has 0 bridgehead atoms. The molecule has 5 aromatic carbocycles. The molecule has 0 spiro atoms. The lowest BCUT2D eigenvalue weighted by Gasteiger charge is -2.34. The number of hydrazone groups is 1. The maximum Gasteiger partial charge on any atom is 0.235 e. The van der Waals surface area contributed by atoms with E-state index in [0.717, 1.165) is 35.9 Å². The van der Waals surface area contributed by atoms with E-state index in [2.05, 4.69) is 105 Å². The molecule has 1 atom stereocenters. The van der Waals surface area contributed by atoms with E-state index in [4.69, 9.17) is 14.6 Å². The van der Waals surface area contributed by atoms with Crippen molar-refractivity contribution in [3.63, 3.8) is 0 Å². The Balaban J connectivity index is 0.000000173. The van der Waals surface area contributed by atoms with Crippen molar-refractivity contribution in [3.8, 4) is 0 Å². The molecule has 50 heavy (non-hydrogen) atoms. The Hall–Kier alpha value is -5.11. The molecule has 0 aliphatic carbocycles. The van der Waals surface area contributed by atoms with Gasteiger partial charge in [-0.05, 0) is 88.1 Å². The number of ether oxygens (including phenoxy) is 2. The summed E-state index contributed by atoms with van der Waals surface area (Å²) in [6.07, 6.45) is -0.416. The number of amidine groups is 1.